The predicted octanol–water partition coefficient (Wildman–Crippen LogP) is 4.31. The third-order valence-corrected chi connectivity index (χ3v) is 4.65. The minimum atomic E-state index is -4.82. The van der Waals surface area contributed by atoms with Crippen molar-refractivity contribution in [3.8, 4) is 5.75 Å². The summed E-state index contributed by atoms with van der Waals surface area (Å²) in [6.07, 6.45) is -4.82. The number of anilines is 1. The third-order valence-electron chi connectivity index (χ3n) is 3.28. The van der Waals surface area contributed by atoms with Gasteiger partial charge < -0.3 is 4.74 Å². The van der Waals surface area contributed by atoms with Crippen LogP contribution >= 0.6 is 0 Å². The average molecular weight is 359 g/mol. The Bertz CT molecular complexity index is 821. The summed E-state index contributed by atoms with van der Waals surface area (Å²) in [7, 11) is -3.92. The van der Waals surface area contributed by atoms with Crippen molar-refractivity contribution < 1.29 is 26.3 Å². The second kappa shape index (κ2) is 6.35. The van der Waals surface area contributed by atoms with Crippen LogP contribution in [0.25, 0.3) is 0 Å². The number of halogens is 3. The van der Waals surface area contributed by atoms with Crippen LogP contribution in [0.3, 0.4) is 0 Å². The molecule has 0 aliphatic heterocycles. The maximum Gasteiger partial charge on any atom is 0.573 e. The highest BCUT2D eigenvalue weighted by atomic mass is 32.2. The highest BCUT2D eigenvalue weighted by molar-refractivity contribution is 7.92. The zero-order chi connectivity index (χ0) is 18.1. The molecule has 0 aromatic heterocycles. The molecular weight excluding hydrogens is 343 g/mol. The molecular formula is C16H16F3NO3S. The first kappa shape index (κ1) is 18.1. The van der Waals surface area contributed by atoms with E-state index in [1.165, 1.54) is 0 Å². The van der Waals surface area contributed by atoms with Crippen molar-refractivity contribution in [2.75, 3.05) is 4.72 Å². The average Bonchev–Trinajstić information content (AvgIpc) is 2.41. The van der Waals surface area contributed by atoms with E-state index in [0.717, 1.165) is 41.0 Å². The first-order chi connectivity index (χ1) is 11.0. The highest BCUT2D eigenvalue weighted by Gasteiger charge is 2.31. The predicted molar refractivity (Wildman–Crippen MR) is 84.6 cm³/mol. The van der Waals surface area contributed by atoms with Gasteiger partial charge >= 0.3 is 6.36 Å². The van der Waals surface area contributed by atoms with Gasteiger partial charge in [-0.2, -0.15) is 0 Å². The molecule has 0 saturated carbocycles. The van der Waals surface area contributed by atoms with Crippen LogP contribution in [0.2, 0.25) is 0 Å². The molecule has 1 N–H and O–H groups in total. The summed E-state index contributed by atoms with van der Waals surface area (Å²) < 4.78 is 67.4. The maximum atomic E-state index is 12.4. The van der Waals surface area contributed by atoms with Crippen LogP contribution in [0.4, 0.5) is 18.9 Å². The maximum absolute atomic E-state index is 12.4. The summed E-state index contributed by atoms with van der Waals surface area (Å²) in [6.45, 7) is 5.45. The number of hydrogen-bond acceptors (Lipinski definition) is 3. The highest BCUT2D eigenvalue weighted by Crippen LogP contribution is 2.27. The van der Waals surface area contributed by atoms with Gasteiger partial charge in [0.15, 0.2) is 0 Å². The van der Waals surface area contributed by atoms with Crippen molar-refractivity contribution in [3.05, 3.63) is 53.1 Å². The monoisotopic (exact) mass is 359 g/mol. The van der Waals surface area contributed by atoms with Gasteiger partial charge in [0.2, 0.25) is 0 Å². The summed E-state index contributed by atoms with van der Waals surface area (Å²) in [5.74, 6) is -0.482. The Morgan fingerprint density at radius 1 is 0.958 bits per heavy atom. The van der Waals surface area contributed by atoms with Crippen molar-refractivity contribution >= 4 is 15.7 Å². The molecule has 0 amide bonds. The van der Waals surface area contributed by atoms with Crippen LogP contribution in [0.5, 0.6) is 5.75 Å². The van der Waals surface area contributed by atoms with Gasteiger partial charge in [-0.3, -0.25) is 4.72 Å². The molecule has 0 aliphatic rings. The van der Waals surface area contributed by atoms with E-state index < -0.39 is 22.1 Å². The second-order valence-corrected chi connectivity index (χ2v) is 7.08. The topological polar surface area (TPSA) is 55.4 Å². The van der Waals surface area contributed by atoms with Crippen LogP contribution in [0, 0.1) is 20.8 Å². The number of ether oxygens (including phenoxy) is 1. The number of hydrogen-bond donors (Lipinski definition) is 1. The van der Waals surface area contributed by atoms with E-state index in [1.54, 1.807) is 13.8 Å². The molecule has 2 aromatic rings. The lowest BCUT2D eigenvalue weighted by molar-refractivity contribution is -0.274. The number of sulfonamides is 1. The van der Waals surface area contributed by atoms with Gasteiger partial charge in [0.1, 0.15) is 5.75 Å². The Hall–Kier alpha value is -2.22. The molecule has 0 saturated heterocycles. The Kier molecular flexibility index (Phi) is 4.80. The molecule has 0 radical (unpaired) electrons. The van der Waals surface area contributed by atoms with Crippen LogP contribution in [0.15, 0.2) is 41.3 Å². The second-order valence-electron chi connectivity index (χ2n) is 5.40. The van der Waals surface area contributed by atoms with Crippen molar-refractivity contribution in [3.63, 3.8) is 0 Å². The minimum absolute atomic E-state index is 0.156. The van der Waals surface area contributed by atoms with E-state index in [9.17, 15) is 21.6 Å². The molecule has 24 heavy (non-hydrogen) atoms. The quantitative estimate of drug-likeness (QED) is 0.885. The standard InChI is InChI=1S/C16H16F3NO3S/c1-10-8-11(2)15(12(3)9-10)20-24(21,22)14-6-4-13(5-7-14)23-16(17,18)19/h4-9,20H,1-3H3. The largest absolute Gasteiger partial charge is 0.573 e. The smallest absolute Gasteiger partial charge is 0.406 e. The van der Waals surface area contributed by atoms with Crippen molar-refractivity contribution in [1.29, 1.82) is 0 Å². The summed E-state index contributed by atoms with van der Waals surface area (Å²) >= 11 is 0. The Morgan fingerprint density at radius 3 is 1.92 bits per heavy atom. The van der Waals surface area contributed by atoms with Gasteiger partial charge in [-0.05, 0) is 56.2 Å². The first-order valence-corrected chi connectivity index (χ1v) is 8.43. The number of benzene rings is 2. The summed E-state index contributed by atoms with van der Waals surface area (Å²) in [4.78, 5) is -0.156. The fraction of sp³-hybridized carbons (Fsp3) is 0.250. The lowest BCUT2D eigenvalue weighted by Crippen LogP contribution is -2.17. The molecule has 2 aromatic carbocycles. The molecule has 8 heteroatoms. The zero-order valence-corrected chi connectivity index (χ0v) is 14.0. The number of alkyl halides is 3. The van der Waals surface area contributed by atoms with Crippen molar-refractivity contribution in [2.24, 2.45) is 0 Å². The van der Waals surface area contributed by atoms with E-state index in [-0.39, 0.29) is 4.90 Å². The van der Waals surface area contributed by atoms with Gasteiger partial charge in [-0.25, -0.2) is 8.42 Å². The van der Waals surface area contributed by atoms with Gasteiger partial charge in [-0.15, -0.1) is 13.2 Å². The van der Waals surface area contributed by atoms with Gasteiger partial charge in [0, 0.05) is 0 Å². The van der Waals surface area contributed by atoms with Crippen LogP contribution in [-0.2, 0) is 10.0 Å². The summed E-state index contributed by atoms with van der Waals surface area (Å²) in [5.41, 5.74) is 2.97. The van der Waals surface area contributed by atoms with E-state index >= 15 is 0 Å². The molecule has 2 rings (SSSR count). The molecule has 0 spiro atoms. The van der Waals surface area contributed by atoms with Crippen LogP contribution < -0.4 is 9.46 Å². The Labute approximate surface area is 138 Å². The molecule has 0 atom stereocenters. The normalized spacial score (nSPS) is 12.1. The Balaban J connectivity index is 2.28. The van der Waals surface area contributed by atoms with E-state index in [0.29, 0.717) is 5.69 Å². The fourth-order valence-corrected chi connectivity index (χ4v) is 3.56. The van der Waals surface area contributed by atoms with Gasteiger partial charge in [0.05, 0.1) is 10.6 Å². The molecule has 0 aliphatic carbocycles. The molecule has 0 heterocycles. The zero-order valence-electron chi connectivity index (χ0n) is 13.2. The van der Waals surface area contributed by atoms with E-state index in [4.69, 9.17) is 0 Å². The summed E-state index contributed by atoms with van der Waals surface area (Å²) in [5, 5.41) is 0. The minimum Gasteiger partial charge on any atom is -0.406 e. The van der Waals surface area contributed by atoms with Crippen molar-refractivity contribution in [1.82, 2.24) is 0 Å². The number of aryl methyl sites for hydroxylation is 3. The van der Waals surface area contributed by atoms with Crippen LogP contribution in [0.1, 0.15) is 16.7 Å². The van der Waals surface area contributed by atoms with Gasteiger partial charge in [-0.1, -0.05) is 17.7 Å². The third kappa shape index (κ3) is 4.41. The van der Waals surface area contributed by atoms with Crippen molar-refractivity contribution in [2.45, 2.75) is 32.0 Å². The SMILES string of the molecule is Cc1cc(C)c(NS(=O)(=O)c2ccc(OC(F)(F)F)cc2)c(C)c1. The molecule has 0 bridgehead atoms. The molecule has 130 valence electrons. The number of nitrogens with one attached hydrogen (secondary N) is 1. The summed E-state index contributed by atoms with van der Waals surface area (Å²) in [6, 6.07) is 7.70. The van der Waals surface area contributed by atoms with E-state index in [1.807, 2.05) is 19.1 Å². The van der Waals surface area contributed by atoms with E-state index in [2.05, 4.69) is 9.46 Å². The molecule has 0 unspecified atom stereocenters. The Morgan fingerprint density at radius 2 is 1.46 bits per heavy atom. The first-order valence-electron chi connectivity index (χ1n) is 6.94. The van der Waals surface area contributed by atoms with Crippen LogP contribution in [-0.4, -0.2) is 14.8 Å². The van der Waals surface area contributed by atoms with Gasteiger partial charge in [0.25, 0.3) is 10.0 Å². The molecule has 0 fully saturated rings. The lowest BCUT2D eigenvalue weighted by Gasteiger charge is -2.15. The number of rotatable bonds is 4. The fourth-order valence-electron chi connectivity index (χ4n) is 2.35. The molecule has 4 nitrogen and oxygen atoms in total. The lowest BCUT2D eigenvalue weighted by atomic mass is 10.1.